The second-order valence-electron chi connectivity index (χ2n) is 2.34. The predicted octanol–water partition coefficient (Wildman–Crippen LogP) is -0.104. The van der Waals surface area contributed by atoms with Crippen molar-refractivity contribution >= 4 is 11.8 Å². The molecular formula is C8H14N2O2. The molecule has 2 N–H and O–H groups in total. The van der Waals surface area contributed by atoms with Gasteiger partial charge in [0.1, 0.15) is 0 Å². The molecule has 0 radical (unpaired) electrons. The zero-order valence-corrected chi connectivity index (χ0v) is 7.25. The summed E-state index contributed by atoms with van der Waals surface area (Å²) < 4.78 is 0. The summed E-state index contributed by atoms with van der Waals surface area (Å²) >= 11 is 0. The molecule has 0 aromatic rings. The fourth-order valence-electron chi connectivity index (χ4n) is 0.798. The molecule has 0 fully saturated rings. The molecule has 68 valence electrons. The SMILES string of the molecule is C=CC(=O)N(CC)CCC(N)=O. The van der Waals surface area contributed by atoms with Gasteiger partial charge in [-0.3, -0.25) is 9.59 Å². The van der Waals surface area contributed by atoms with E-state index in [1.54, 1.807) is 0 Å². The van der Waals surface area contributed by atoms with Gasteiger partial charge in [-0.1, -0.05) is 6.58 Å². The van der Waals surface area contributed by atoms with E-state index in [2.05, 4.69) is 6.58 Å². The van der Waals surface area contributed by atoms with Crippen LogP contribution in [-0.4, -0.2) is 29.8 Å². The van der Waals surface area contributed by atoms with E-state index in [4.69, 9.17) is 5.73 Å². The second-order valence-corrected chi connectivity index (χ2v) is 2.34. The molecule has 0 aliphatic carbocycles. The van der Waals surface area contributed by atoms with E-state index in [-0.39, 0.29) is 12.3 Å². The first-order chi connectivity index (χ1) is 5.61. The van der Waals surface area contributed by atoms with E-state index in [9.17, 15) is 9.59 Å². The fraction of sp³-hybridized carbons (Fsp3) is 0.500. The summed E-state index contributed by atoms with van der Waals surface area (Å²) in [6.07, 6.45) is 1.43. The van der Waals surface area contributed by atoms with Crippen molar-refractivity contribution in [2.24, 2.45) is 5.73 Å². The Balaban J connectivity index is 3.91. The Labute approximate surface area is 72.0 Å². The maximum atomic E-state index is 11.0. The third-order valence-electron chi connectivity index (χ3n) is 1.50. The molecule has 2 amide bonds. The number of rotatable bonds is 5. The van der Waals surface area contributed by atoms with Crippen LogP contribution < -0.4 is 5.73 Å². The van der Waals surface area contributed by atoms with Crippen LogP contribution in [-0.2, 0) is 9.59 Å². The highest BCUT2D eigenvalue weighted by molar-refractivity contribution is 5.87. The minimum absolute atomic E-state index is 0.168. The maximum absolute atomic E-state index is 11.0. The van der Waals surface area contributed by atoms with Gasteiger partial charge < -0.3 is 10.6 Å². The quantitative estimate of drug-likeness (QED) is 0.585. The van der Waals surface area contributed by atoms with Gasteiger partial charge in [-0.15, -0.1) is 0 Å². The number of nitrogens with two attached hydrogens (primary N) is 1. The van der Waals surface area contributed by atoms with Gasteiger partial charge in [0.2, 0.25) is 11.8 Å². The topological polar surface area (TPSA) is 63.4 Å². The monoisotopic (exact) mass is 170 g/mol. The summed E-state index contributed by atoms with van der Waals surface area (Å²) in [4.78, 5) is 22.9. The molecule has 0 bridgehead atoms. The van der Waals surface area contributed by atoms with Gasteiger partial charge in [-0.2, -0.15) is 0 Å². The van der Waals surface area contributed by atoms with Crippen LogP contribution in [0.5, 0.6) is 0 Å². The van der Waals surface area contributed by atoms with Crippen molar-refractivity contribution in [3.05, 3.63) is 12.7 Å². The van der Waals surface area contributed by atoms with Crippen molar-refractivity contribution < 1.29 is 9.59 Å². The number of primary amides is 1. The normalized spacial score (nSPS) is 9.08. The van der Waals surface area contributed by atoms with Crippen LogP contribution in [0.3, 0.4) is 0 Å². The van der Waals surface area contributed by atoms with Crippen molar-refractivity contribution in [2.45, 2.75) is 13.3 Å². The number of likely N-dealkylation sites (N-methyl/N-ethyl adjacent to an activating group) is 1. The first kappa shape index (κ1) is 10.7. The first-order valence-corrected chi connectivity index (χ1v) is 3.81. The number of carbonyl (C=O) groups is 2. The van der Waals surface area contributed by atoms with E-state index >= 15 is 0 Å². The summed E-state index contributed by atoms with van der Waals surface area (Å²) in [7, 11) is 0. The highest BCUT2D eigenvalue weighted by Crippen LogP contribution is 1.92. The summed E-state index contributed by atoms with van der Waals surface area (Å²) in [5.74, 6) is -0.566. The molecule has 0 aromatic carbocycles. The number of hydrogen-bond donors (Lipinski definition) is 1. The molecule has 4 heteroatoms. The largest absolute Gasteiger partial charge is 0.370 e. The first-order valence-electron chi connectivity index (χ1n) is 3.81. The zero-order chi connectivity index (χ0) is 9.56. The Morgan fingerprint density at radius 3 is 2.50 bits per heavy atom. The molecule has 12 heavy (non-hydrogen) atoms. The van der Waals surface area contributed by atoms with Crippen molar-refractivity contribution in [2.75, 3.05) is 13.1 Å². The van der Waals surface area contributed by atoms with Crippen LogP contribution >= 0.6 is 0 Å². The molecule has 0 unspecified atom stereocenters. The van der Waals surface area contributed by atoms with E-state index < -0.39 is 5.91 Å². The summed E-state index contributed by atoms with van der Waals surface area (Å²) in [5.41, 5.74) is 4.93. The molecule has 0 saturated carbocycles. The maximum Gasteiger partial charge on any atom is 0.245 e. The number of hydrogen-bond acceptors (Lipinski definition) is 2. The summed E-state index contributed by atoms with van der Waals surface area (Å²) in [5, 5.41) is 0. The molecule has 0 spiro atoms. The molecule has 0 heterocycles. The van der Waals surface area contributed by atoms with Gasteiger partial charge in [-0.25, -0.2) is 0 Å². The van der Waals surface area contributed by atoms with Gasteiger partial charge in [0, 0.05) is 19.5 Å². The Hall–Kier alpha value is -1.32. The number of carbonyl (C=O) groups excluding carboxylic acids is 2. The molecule has 0 rings (SSSR count). The summed E-state index contributed by atoms with van der Waals surface area (Å²) in [6.45, 7) is 6.12. The zero-order valence-electron chi connectivity index (χ0n) is 7.25. The van der Waals surface area contributed by atoms with Crippen LogP contribution in [0.1, 0.15) is 13.3 Å². The van der Waals surface area contributed by atoms with Gasteiger partial charge >= 0.3 is 0 Å². The minimum Gasteiger partial charge on any atom is -0.370 e. The number of nitrogens with zero attached hydrogens (tertiary/aromatic N) is 1. The van der Waals surface area contributed by atoms with Crippen molar-refractivity contribution in [3.8, 4) is 0 Å². The van der Waals surface area contributed by atoms with Crippen LogP contribution in [0.2, 0.25) is 0 Å². The molecule has 0 aliphatic heterocycles. The lowest BCUT2D eigenvalue weighted by Crippen LogP contribution is -2.32. The van der Waals surface area contributed by atoms with Crippen molar-refractivity contribution in [1.82, 2.24) is 4.90 Å². The lowest BCUT2D eigenvalue weighted by molar-refractivity contribution is -0.126. The van der Waals surface area contributed by atoms with E-state index in [0.29, 0.717) is 13.1 Å². The Bertz CT molecular complexity index is 189. The third-order valence-corrected chi connectivity index (χ3v) is 1.50. The number of amides is 2. The fourth-order valence-corrected chi connectivity index (χ4v) is 0.798. The molecule has 0 aromatic heterocycles. The van der Waals surface area contributed by atoms with Crippen LogP contribution in [0.15, 0.2) is 12.7 Å². The lowest BCUT2D eigenvalue weighted by Gasteiger charge is -2.17. The van der Waals surface area contributed by atoms with Crippen LogP contribution in [0.4, 0.5) is 0 Å². The Morgan fingerprint density at radius 1 is 1.58 bits per heavy atom. The van der Waals surface area contributed by atoms with Gasteiger partial charge in [0.05, 0.1) is 0 Å². The smallest absolute Gasteiger partial charge is 0.245 e. The molecule has 0 atom stereocenters. The standard InChI is InChI=1S/C8H14N2O2/c1-3-8(12)10(4-2)6-5-7(9)11/h3H,1,4-6H2,2H3,(H2,9,11). The molecule has 0 aliphatic rings. The van der Waals surface area contributed by atoms with Gasteiger partial charge in [-0.05, 0) is 13.0 Å². The van der Waals surface area contributed by atoms with Gasteiger partial charge in [0.25, 0.3) is 0 Å². The van der Waals surface area contributed by atoms with E-state index in [1.165, 1.54) is 11.0 Å². The van der Waals surface area contributed by atoms with Crippen molar-refractivity contribution in [1.29, 1.82) is 0 Å². The Kier molecular flexibility index (Phi) is 4.76. The van der Waals surface area contributed by atoms with E-state index in [0.717, 1.165) is 0 Å². The molecular weight excluding hydrogens is 156 g/mol. The Morgan fingerprint density at radius 2 is 2.17 bits per heavy atom. The minimum atomic E-state index is -0.398. The van der Waals surface area contributed by atoms with Crippen molar-refractivity contribution in [3.63, 3.8) is 0 Å². The second kappa shape index (κ2) is 5.35. The molecule has 4 nitrogen and oxygen atoms in total. The van der Waals surface area contributed by atoms with Crippen LogP contribution in [0, 0.1) is 0 Å². The summed E-state index contributed by atoms with van der Waals surface area (Å²) in [6, 6.07) is 0. The lowest BCUT2D eigenvalue weighted by atomic mass is 10.3. The third kappa shape index (κ3) is 3.75. The predicted molar refractivity (Wildman–Crippen MR) is 46.3 cm³/mol. The highest BCUT2D eigenvalue weighted by atomic mass is 16.2. The average molecular weight is 170 g/mol. The molecule has 0 saturated heterocycles. The average Bonchev–Trinajstić information content (AvgIpc) is 2.04. The van der Waals surface area contributed by atoms with E-state index in [1.807, 2.05) is 6.92 Å². The van der Waals surface area contributed by atoms with Gasteiger partial charge in [0.15, 0.2) is 0 Å². The highest BCUT2D eigenvalue weighted by Gasteiger charge is 2.07. The van der Waals surface area contributed by atoms with Crippen LogP contribution in [0.25, 0.3) is 0 Å².